The lowest BCUT2D eigenvalue weighted by Gasteiger charge is -2.29. The van der Waals surface area contributed by atoms with Crippen LogP contribution >= 0.6 is 0 Å². The maximum Gasteiger partial charge on any atom is 0.407 e. The van der Waals surface area contributed by atoms with Crippen LogP contribution in [0.2, 0.25) is 0 Å². The molecule has 2 N–H and O–H groups in total. The molecule has 0 saturated carbocycles. The fourth-order valence-corrected chi connectivity index (χ4v) is 4.77. The summed E-state index contributed by atoms with van der Waals surface area (Å²) in [6.45, 7) is 6.17. The van der Waals surface area contributed by atoms with Crippen molar-refractivity contribution in [2.45, 2.75) is 64.6 Å². The molecule has 42 heavy (non-hydrogen) atoms. The van der Waals surface area contributed by atoms with Gasteiger partial charge in [-0.05, 0) is 70.0 Å². The van der Waals surface area contributed by atoms with E-state index in [1.165, 1.54) is 4.90 Å². The van der Waals surface area contributed by atoms with Crippen molar-refractivity contribution < 1.29 is 28.7 Å². The maximum atomic E-state index is 13.0. The number of rotatable bonds is 10. The Morgan fingerprint density at radius 1 is 1.10 bits per heavy atom. The van der Waals surface area contributed by atoms with E-state index in [2.05, 4.69) is 20.9 Å². The van der Waals surface area contributed by atoms with Gasteiger partial charge in [0.25, 0.3) is 5.91 Å². The van der Waals surface area contributed by atoms with Crippen LogP contribution in [0.5, 0.6) is 0 Å². The van der Waals surface area contributed by atoms with Crippen LogP contribution in [-0.4, -0.2) is 66.3 Å². The fraction of sp³-hybridized carbons (Fsp3) is 0.433. The Balaban J connectivity index is 1.29. The number of ether oxygens (including phenoxy) is 1. The van der Waals surface area contributed by atoms with Gasteiger partial charge in [0.1, 0.15) is 11.6 Å². The molecule has 0 bridgehead atoms. The van der Waals surface area contributed by atoms with Crippen molar-refractivity contribution in [3.63, 3.8) is 0 Å². The van der Waals surface area contributed by atoms with Crippen LogP contribution in [0.25, 0.3) is 0 Å². The van der Waals surface area contributed by atoms with Crippen molar-refractivity contribution in [1.29, 1.82) is 0 Å². The molecule has 4 amide bonds. The molecule has 0 aromatic heterocycles. The molecule has 1 atom stereocenters. The number of carbonyl (C=O) groups excluding carboxylic acids is 5. The minimum absolute atomic E-state index is 0.0473. The SMILES string of the molecule is CN(CC(=O)CCCNC(=O)OC(C)(C)C)c1ccc(N=Nc2cccc3c2CN(C2CCC(=O)NC2=O)C3=O)cc1. The van der Waals surface area contributed by atoms with Crippen LogP contribution in [-0.2, 0) is 25.7 Å². The monoisotopic (exact) mass is 576 g/mol. The Bertz CT molecular complexity index is 1400. The number of ketones is 1. The highest BCUT2D eigenvalue weighted by Gasteiger charge is 2.39. The molecule has 12 heteroatoms. The van der Waals surface area contributed by atoms with E-state index in [9.17, 15) is 24.0 Å². The summed E-state index contributed by atoms with van der Waals surface area (Å²) in [6.07, 6.45) is 0.834. The number of likely N-dealkylation sites (N-methyl/N-ethyl adjacent to an activating group) is 1. The number of hydrogen-bond donors (Lipinski definition) is 2. The van der Waals surface area contributed by atoms with Gasteiger partial charge in [0.2, 0.25) is 11.8 Å². The number of imide groups is 1. The van der Waals surface area contributed by atoms with Crippen LogP contribution in [0.3, 0.4) is 0 Å². The number of hydrogen-bond acceptors (Lipinski definition) is 9. The second-order valence-electron chi connectivity index (χ2n) is 11.3. The van der Waals surface area contributed by atoms with Crippen LogP contribution in [0.1, 0.15) is 62.4 Å². The number of piperidine rings is 1. The van der Waals surface area contributed by atoms with E-state index in [0.717, 1.165) is 5.69 Å². The maximum absolute atomic E-state index is 13.0. The number of Topliss-reactive ketones (excluding diaryl/α,β-unsaturated/α-hetero) is 1. The predicted octanol–water partition coefficient (Wildman–Crippen LogP) is 4.17. The van der Waals surface area contributed by atoms with E-state index in [-0.39, 0.29) is 37.1 Å². The molecule has 1 saturated heterocycles. The number of azo groups is 1. The molecule has 2 aromatic rings. The number of fused-ring (bicyclic) bond motifs is 1. The molecule has 0 radical (unpaired) electrons. The Morgan fingerprint density at radius 2 is 1.83 bits per heavy atom. The van der Waals surface area contributed by atoms with Crippen LogP contribution < -0.4 is 15.5 Å². The summed E-state index contributed by atoms with van der Waals surface area (Å²) in [6, 6.07) is 11.7. The van der Waals surface area contributed by atoms with Gasteiger partial charge in [-0.1, -0.05) is 6.07 Å². The van der Waals surface area contributed by atoms with Gasteiger partial charge in [0.05, 0.1) is 17.9 Å². The number of alkyl carbamates (subject to hydrolysis) is 1. The lowest BCUT2D eigenvalue weighted by Crippen LogP contribution is -2.52. The smallest absolute Gasteiger partial charge is 0.407 e. The largest absolute Gasteiger partial charge is 0.444 e. The highest BCUT2D eigenvalue weighted by Crippen LogP contribution is 2.34. The molecule has 12 nitrogen and oxygen atoms in total. The summed E-state index contributed by atoms with van der Waals surface area (Å²) < 4.78 is 5.18. The Morgan fingerprint density at radius 3 is 2.52 bits per heavy atom. The van der Waals surface area contributed by atoms with Crippen molar-refractivity contribution in [3.8, 4) is 0 Å². The Labute approximate surface area is 244 Å². The molecule has 222 valence electrons. The Kier molecular flexibility index (Phi) is 9.34. The van der Waals surface area contributed by atoms with Gasteiger partial charge in [0.15, 0.2) is 5.78 Å². The second-order valence-corrected chi connectivity index (χ2v) is 11.3. The summed E-state index contributed by atoms with van der Waals surface area (Å²) >= 11 is 0. The summed E-state index contributed by atoms with van der Waals surface area (Å²) in [4.78, 5) is 64.3. The minimum atomic E-state index is -0.697. The van der Waals surface area contributed by atoms with E-state index < -0.39 is 23.6 Å². The van der Waals surface area contributed by atoms with Crippen LogP contribution in [0.15, 0.2) is 52.7 Å². The first kappa shape index (κ1) is 30.4. The van der Waals surface area contributed by atoms with Gasteiger partial charge in [-0.25, -0.2) is 4.79 Å². The van der Waals surface area contributed by atoms with Crippen molar-refractivity contribution in [3.05, 3.63) is 53.6 Å². The third kappa shape index (κ3) is 7.77. The topological polar surface area (TPSA) is 150 Å². The summed E-state index contributed by atoms with van der Waals surface area (Å²) in [5.41, 5.74) is 2.55. The number of benzene rings is 2. The molecular formula is C30H36N6O6. The first-order valence-electron chi connectivity index (χ1n) is 13.9. The zero-order valence-electron chi connectivity index (χ0n) is 24.3. The van der Waals surface area contributed by atoms with Gasteiger partial charge < -0.3 is 19.9 Å². The molecule has 1 fully saturated rings. The average molecular weight is 577 g/mol. The number of carbonyl (C=O) groups is 5. The summed E-state index contributed by atoms with van der Waals surface area (Å²) in [7, 11) is 1.83. The van der Waals surface area contributed by atoms with Gasteiger partial charge in [0, 0.05) is 49.8 Å². The normalized spacial score (nSPS) is 16.8. The van der Waals surface area contributed by atoms with Gasteiger partial charge in [-0.15, -0.1) is 0 Å². The van der Waals surface area contributed by atoms with Crippen molar-refractivity contribution in [2.75, 3.05) is 25.0 Å². The Hall–Kier alpha value is -4.61. The van der Waals surface area contributed by atoms with Gasteiger partial charge in [-0.3, -0.25) is 24.5 Å². The molecular weight excluding hydrogens is 540 g/mol. The van der Waals surface area contributed by atoms with Crippen molar-refractivity contribution in [2.24, 2.45) is 10.2 Å². The first-order valence-corrected chi connectivity index (χ1v) is 13.9. The number of nitrogens with zero attached hydrogens (tertiary/aromatic N) is 4. The zero-order chi connectivity index (χ0) is 30.4. The number of amides is 4. The van der Waals surface area contributed by atoms with Gasteiger partial charge in [-0.2, -0.15) is 10.2 Å². The standard InChI is InChI=1S/C30H36N6O6/c1-30(2,3)42-29(41)31-16-6-7-21(37)17-35(4)20-12-10-19(11-13-20)33-34-24-9-5-8-22-23(24)18-36(28(22)40)25-14-15-26(38)32-27(25)39/h5,8-13,25H,6-7,14-18H2,1-4H3,(H,31,41)(H,32,38,39). The van der Waals surface area contributed by atoms with E-state index in [0.29, 0.717) is 48.3 Å². The second kappa shape index (κ2) is 12.9. The van der Waals surface area contributed by atoms with E-state index in [1.54, 1.807) is 51.1 Å². The lowest BCUT2D eigenvalue weighted by molar-refractivity contribution is -0.137. The lowest BCUT2D eigenvalue weighted by atomic mass is 10.0. The molecule has 2 aromatic carbocycles. The molecule has 4 rings (SSSR count). The highest BCUT2D eigenvalue weighted by atomic mass is 16.6. The highest BCUT2D eigenvalue weighted by molar-refractivity contribution is 6.06. The van der Waals surface area contributed by atoms with Crippen molar-refractivity contribution in [1.82, 2.24) is 15.5 Å². The van der Waals surface area contributed by atoms with Crippen molar-refractivity contribution >= 4 is 46.7 Å². The van der Waals surface area contributed by atoms with E-state index in [4.69, 9.17) is 4.74 Å². The molecule has 0 aliphatic carbocycles. The quantitative estimate of drug-likeness (QED) is 0.245. The molecule has 2 aliphatic heterocycles. The van der Waals surface area contributed by atoms with E-state index >= 15 is 0 Å². The summed E-state index contributed by atoms with van der Waals surface area (Å²) in [5.74, 6) is -1.01. The number of nitrogens with one attached hydrogen (secondary N) is 2. The fourth-order valence-electron chi connectivity index (χ4n) is 4.77. The first-order chi connectivity index (χ1) is 19.9. The zero-order valence-corrected chi connectivity index (χ0v) is 24.3. The minimum Gasteiger partial charge on any atom is -0.444 e. The average Bonchev–Trinajstić information content (AvgIpc) is 3.26. The number of anilines is 1. The summed E-state index contributed by atoms with van der Waals surface area (Å²) in [5, 5.41) is 13.7. The molecule has 1 unspecified atom stereocenters. The third-order valence-corrected chi connectivity index (χ3v) is 6.84. The molecule has 2 aliphatic rings. The predicted molar refractivity (Wildman–Crippen MR) is 155 cm³/mol. The van der Waals surface area contributed by atoms with Gasteiger partial charge >= 0.3 is 6.09 Å². The molecule has 2 heterocycles. The van der Waals surface area contributed by atoms with Crippen LogP contribution in [0.4, 0.5) is 21.9 Å². The van der Waals surface area contributed by atoms with E-state index in [1.807, 2.05) is 24.1 Å². The third-order valence-electron chi connectivity index (χ3n) is 6.84. The van der Waals surface area contributed by atoms with Crippen LogP contribution in [0, 0.1) is 0 Å². The molecule has 0 spiro atoms.